The summed E-state index contributed by atoms with van der Waals surface area (Å²) in [6.07, 6.45) is 4.50. The average Bonchev–Trinajstić information content (AvgIpc) is 2.75. The molecular formula is C12H11NO3. The number of hydrogen-bond acceptors (Lipinski definition) is 4. The number of carbonyl (C=O) groups excluding carboxylic acids is 1. The van der Waals surface area contributed by atoms with Crippen molar-refractivity contribution in [1.29, 1.82) is 0 Å². The van der Waals surface area contributed by atoms with E-state index in [2.05, 4.69) is 4.98 Å². The van der Waals surface area contributed by atoms with Gasteiger partial charge in [0, 0.05) is 11.8 Å². The highest BCUT2D eigenvalue weighted by Crippen LogP contribution is 2.16. The summed E-state index contributed by atoms with van der Waals surface area (Å²) in [5, 5.41) is 0. The zero-order valence-electron chi connectivity index (χ0n) is 9.06. The van der Waals surface area contributed by atoms with Crippen molar-refractivity contribution in [2.45, 2.75) is 6.92 Å². The van der Waals surface area contributed by atoms with E-state index in [-0.39, 0.29) is 5.78 Å². The van der Waals surface area contributed by atoms with Crippen LogP contribution in [0.2, 0.25) is 0 Å². The van der Waals surface area contributed by atoms with Gasteiger partial charge in [0.15, 0.2) is 5.78 Å². The molecule has 0 aliphatic heterocycles. The predicted octanol–water partition coefficient (Wildman–Crippen LogP) is 2.22. The monoisotopic (exact) mass is 217 g/mol. The van der Waals surface area contributed by atoms with E-state index in [0.717, 1.165) is 0 Å². The molecule has 0 bridgehead atoms. The molecule has 16 heavy (non-hydrogen) atoms. The van der Waals surface area contributed by atoms with Crippen LogP contribution in [0.1, 0.15) is 21.7 Å². The van der Waals surface area contributed by atoms with E-state index >= 15 is 0 Å². The summed E-state index contributed by atoms with van der Waals surface area (Å²) < 4.78 is 10.1. The highest BCUT2D eigenvalue weighted by Gasteiger charge is 2.12. The molecule has 0 amide bonds. The largest absolute Gasteiger partial charge is 0.495 e. The number of furan rings is 1. The van der Waals surface area contributed by atoms with Crippen LogP contribution >= 0.6 is 0 Å². The topological polar surface area (TPSA) is 52.3 Å². The summed E-state index contributed by atoms with van der Waals surface area (Å²) in [4.78, 5) is 15.9. The molecule has 2 heterocycles. The van der Waals surface area contributed by atoms with Gasteiger partial charge in [-0.15, -0.1) is 0 Å². The molecule has 0 fully saturated rings. The van der Waals surface area contributed by atoms with Gasteiger partial charge in [-0.05, 0) is 19.1 Å². The lowest BCUT2D eigenvalue weighted by Crippen LogP contribution is -2.00. The Morgan fingerprint density at radius 1 is 1.31 bits per heavy atom. The van der Waals surface area contributed by atoms with E-state index in [1.807, 2.05) is 0 Å². The summed E-state index contributed by atoms with van der Waals surface area (Å²) in [7, 11) is 1.53. The zero-order chi connectivity index (χ0) is 11.5. The molecule has 2 aromatic rings. The molecule has 0 aliphatic carbocycles. The van der Waals surface area contributed by atoms with Crippen LogP contribution in [0.15, 0.2) is 35.2 Å². The third-order valence-corrected chi connectivity index (χ3v) is 2.20. The van der Waals surface area contributed by atoms with Crippen LogP contribution in [0.3, 0.4) is 0 Å². The molecular weight excluding hydrogens is 206 g/mol. The SMILES string of the molecule is COc1cncc(C(=O)c2coc(C)c2)c1. The first kappa shape index (κ1) is 10.4. The van der Waals surface area contributed by atoms with Gasteiger partial charge in [-0.2, -0.15) is 0 Å². The van der Waals surface area contributed by atoms with Crippen molar-refractivity contribution in [1.82, 2.24) is 4.98 Å². The van der Waals surface area contributed by atoms with Gasteiger partial charge in [-0.3, -0.25) is 9.78 Å². The molecule has 0 unspecified atom stereocenters. The highest BCUT2D eigenvalue weighted by molar-refractivity contribution is 6.08. The van der Waals surface area contributed by atoms with Gasteiger partial charge >= 0.3 is 0 Å². The Kier molecular flexibility index (Phi) is 2.72. The molecule has 0 radical (unpaired) electrons. The summed E-state index contributed by atoms with van der Waals surface area (Å²) in [6, 6.07) is 3.35. The first-order valence-electron chi connectivity index (χ1n) is 4.79. The Balaban J connectivity index is 2.33. The predicted molar refractivity (Wildman–Crippen MR) is 57.7 cm³/mol. The van der Waals surface area contributed by atoms with Crippen LogP contribution in [0.25, 0.3) is 0 Å². The molecule has 82 valence electrons. The molecule has 0 saturated carbocycles. The Morgan fingerprint density at radius 2 is 2.12 bits per heavy atom. The molecule has 2 rings (SSSR count). The fourth-order valence-electron chi connectivity index (χ4n) is 1.38. The van der Waals surface area contributed by atoms with E-state index < -0.39 is 0 Å². The molecule has 0 spiro atoms. The first-order chi connectivity index (χ1) is 7.70. The third-order valence-electron chi connectivity index (χ3n) is 2.20. The summed E-state index contributed by atoms with van der Waals surface area (Å²) >= 11 is 0. The van der Waals surface area contributed by atoms with E-state index in [0.29, 0.717) is 22.6 Å². The minimum atomic E-state index is -0.122. The van der Waals surface area contributed by atoms with Gasteiger partial charge in [0.25, 0.3) is 0 Å². The molecule has 4 heteroatoms. The first-order valence-corrected chi connectivity index (χ1v) is 4.79. The molecule has 2 aromatic heterocycles. The van der Waals surface area contributed by atoms with Crippen LogP contribution in [0.4, 0.5) is 0 Å². The minimum Gasteiger partial charge on any atom is -0.495 e. The number of rotatable bonds is 3. The maximum absolute atomic E-state index is 12.0. The number of nitrogens with zero attached hydrogens (tertiary/aromatic N) is 1. The van der Waals surface area contributed by atoms with Crippen molar-refractivity contribution in [3.8, 4) is 5.75 Å². The second-order valence-electron chi connectivity index (χ2n) is 3.39. The Bertz CT molecular complexity index is 516. The Hall–Kier alpha value is -2.10. The van der Waals surface area contributed by atoms with Crippen molar-refractivity contribution in [3.63, 3.8) is 0 Å². The number of methoxy groups -OCH3 is 1. The summed E-state index contributed by atoms with van der Waals surface area (Å²) in [5.41, 5.74) is 1.01. The lowest BCUT2D eigenvalue weighted by atomic mass is 10.1. The smallest absolute Gasteiger partial charge is 0.197 e. The summed E-state index contributed by atoms with van der Waals surface area (Å²) in [5.74, 6) is 1.15. The Morgan fingerprint density at radius 3 is 2.75 bits per heavy atom. The number of carbonyl (C=O) groups is 1. The van der Waals surface area contributed by atoms with E-state index in [1.54, 1.807) is 25.3 Å². The molecule has 4 nitrogen and oxygen atoms in total. The van der Waals surface area contributed by atoms with Crippen LogP contribution in [0, 0.1) is 6.92 Å². The van der Waals surface area contributed by atoms with Crippen molar-refractivity contribution in [2.24, 2.45) is 0 Å². The number of ether oxygens (including phenoxy) is 1. The van der Waals surface area contributed by atoms with Gasteiger partial charge < -0.3 is 9.15 Å². The molecule has 0 N–H and O–H groups in total. The lowest BCUT2D eigenvalue weighted by Gasteiger charge is -2.01. The quantitative estimate of drug-likeness (QED) is 0.740. The average molecular weight is 217 g/mol. The van der Waals surface area contributed by atoms with Crippen molar-refractivity contribution in [3.05, 3.63) is 47.7 Å². The lowest BCUT2D eigenvalue weighted by molar-refractivity contribution is 0.103. The fraction of sp³-hybridized carbons (Fsp3) is 0.167. The van der Waals surface area contributed by atoms with Crippen molar-refractivity contribution < 1.29 is 13.9 Å². The highest BCUT2D eigenvalue weighted by atomic mass is 16.5. The van der Waals surface area contributed by atoms with Crippen LogP contribution in [0.5, 0.6) is 5.75 Å². The molecule has 0 saturated heterocycles. The number of pyridine rings is 1. The second-order valence-corrected chi connectivity index (χ2v) is 3.39. The van der Waals surface area contributed by atoms with Gasteiger partial charge in [0.1, 0.15) is 17.8 Å². The van der Waals surface area contributed by atoms with Gasteiger partial charge in [-0.1, -0.05) is 0 Å². The summed E-state index contributed by atoms with van der Waals surface area (Å²) in [6.45, 7) is 1.79. The standard InChI is InChI=1S/C12H11NO3/c1-8-3-10(7-16-8)12(14)9-4-11(15-2)6-13-5-9/h3-7H,1-2H3. The Labute approximate surface area is 92.9 Å². The van der Waals surface area contributed by atoms with Crippen molar-refractivity contribution >= 4 is 5.78 Å². The second kappa shape index (κ2) is 4.18. The maximum Gasteiger partial charge on any atom is 0.197 e. The molecule has 0 atom stereocenters. The number of aryl methyl sites for hydroxylation is 1. The molecule has 0 aromatic carbocycles. The normalized spacial score (nSPS) is 10.1. The number of ketones is 1. The third kappa shape index (κ3) is 1.95. The van der Waals surface area contributed by atoms with Gasteiger partial charge in [-0.25, -0.2) is 0 Å². The molecule has 0 aliphatic rings. The van der Waals surface area contributed by atoms with Crippen molar-refractivity contribution in [2.75, 3.05) is 7.11 Å². The van der Waals surface area contributed by atoms with Crippen LogP contribution < -0.4 is 4.74 Å². The fourth-order valence-corrected chi connectivity index (χ4v) is 1.38. The maximum atomic E-state index is 12.0. The van der Waals surface area contributed by atoms with Gasteiger partial charge in [0.05, 0.1) is 18.9 Å². The zero-order valence-corrected chi connectivity index (χ0v) is 9.06. The van der Waals surface area contributed by atoms with E-state index in [1.165, 1.54) is 19.6 Å². The van der Waals surface area contributed by atoms with E-state index in [4.69, 9.17) is 9.15 Å². The van der Waals surface area contributed by atoms with Gasteiger partial charge in [0.2, 0.25) is 0 Å². The number of aromatic nitrogens is 1. The van der Waals surface area contributed by atoms with Crippen LogP contribution in [-0.2, 0) is 0 Å². The minimum absolute atomic E-state index is 0.122. The number of hydrogen-bond donors (Lipinski definition) is 0. The van der Waals surface area contributed by atoms with Crippen LogP contribution in [-0.4, -0.2) is 17.9 Å². The van der Waals surface area contributed by atoms with E-state index in [9.17, 15) is 4.79 Å².